The van der Waals surface area contributed by atoms with Gasteiger partial charge in [0.15, 0.2) is 6.29 Å². The van der Waals surface area contributed by atoms with Crippen molar-refractivity contribution in [3.8, 4) is 0 Å². The van der Waals surface area contributed by atoms with Crippen molar-refractivity contribution in [1.29, 1.82) is 0 Å². The Labute approximate surface area is 87.0 Å². The Balaban J connectivity index is 1.81. The summed E-state index contributed by atoms with van der Waals surface area (Å²) in [6, 6.07) is 0. The molecule has 1 atom stereocenters. The van der Waals surface area contributed by atoms with Gasteiger partial charge in [-0.15, -0.1) is 0 Å². The van der Waals surface area contributed by atoms with Gasteiger partial charge in [-0.3, -0.25) is 0 Å². The second-order valence-corrected chi connectivity index (χ2v) is 4.92. The zero-order valence-corrected chi connectivity index (χ0v) is 9.26. The summed E-state index contributed by atoms with van der Waals surface area (Å²) in [5, 5.41) is 0. The molecule has 2 fully saturated rings. The third-order valence-electron chi connectivity index (χ3n) is 3.47. The molecule has 2 nitrogen and oxygen atoms in total. The van der Waals surface area contributed by atoms with Crippen LogP contribution in [0.2, 0.25) is 0 Å². The van der Waals surface area contributed by atoms with Gasteiger partial charge < -0.3 is 9.47 Å². The number of hydrogen-bond donors (Lipinski definition) is 0. The Bertz CT molecular complexity index is 167. The smallest absolute Gasteiger partial charge is 0.158 e. The molecule has 0 aromatic rings. The quantitative estimate of drug-likeness (QED) is 0.678. The van der Waals surface area contributed by atoms with E-state index in [2.05, 4.69) is 6.92 Å². The van der Waals surface area contributed by atoms with E-state index in [0.29, 0.717) is 0 Å². The molecular formula is C12H22O2. The first-order valence-electron chi connectivity index (χ1n) is 6.08. The maximum Gasteiger partial charge on any atom is 0.158 e. The highest BCUT2D eigenvalue weighted by atomic mass is 16.7. The van der Waals surface area contributed by atoms with Crippen LogP contribution in [0.4, 0.5) is 0 Å². The highest BCUT2D eigenvalue weighted by molar-refractivity contribution is 4.80. The van der Waals surface area contributed by atoms with Gasteiger partial charge >= 0.3 is 0 Å². The molecule has 0 N–H and O–H groups in total. The van der Waals surface area contributed by atoms with Crippen molar-refractivity contribution >= 4 is 0 Å². The molecule has 14 heavy (non-hydrogen) atoms. The van der Waals surface area contributed by atoms with Crippen molar-refractivity contribution in [2.45, 2.75) is 70.2 Å². The van der Waals surface area contributed by atoms with Gasteiger partial charge in [0, 0.05) is 6.61 Å². The molecule has 1 aliphatic heterocycles. The summed E-state index contributed by atoms with van der Waals surface area (Å²) < 4.78 is 11.7. The Morgan fingerprint density at radius 3 is 2.50 bits per heavy atom. The number of rotatable bonds is 2. The largest absolute Gasteiger partial charge is 0.353 e. The second-order valence-electron chi connectivity index (χ2n) is 4.92. The highest BCUT2D eigenvalue weighted by Crippen LogP contribution is 2.33. The SMILES string of the molecule is CC1(OC2CCCCO2)CCCCC1. The Hall–Kier alpha value is -0.0800. The first kappa shape index (κ1) is 10.4. The van der Waals surface area contributed by atoms with Crippen molar-refractivity contribution in [2.75, 3.05) is 6.61 Å². The molecular weight excluding hydrogens is 176 g/mol. The van der Waals surface area contributed by atoms with Crippen LogP contribution >= 0.6 is 0 Å². The minimum atomic E-state index is 0.0897. The van der Waals surface area contributed by atoms with E-state index < -0.39 is 0 Å². The van der Waals surface area contributed by atoms with E-state index in [1.165, 1.54) is 44.9 Å². The Kier molecular flexibility index (Phi) is 3.45. The molecule has 0 aromatic carbocycles. The van der Waals surface area contributed by atoms with Crippen LogP contribution in [0.3, 0.4) is 0 Å². The fourth-order valence-electron chi connectivity index (χ4n) is 2.54. The summed E-state index contributed by atoms with van der Waals surface area (Å²) in [4.78, 5) is 0. The predicted molar refractivity (Wildman–Crippen MR) is 56.2 cm³/mol. The molecule has 1 saturated heterocycles. The first-order valence-corrected chi connectivity index (χ1v) is 6.08. The van der Waals surface area contributed by atoms with Crippen LogP contribution in [0.25, 0.3) is 0 Å². The molecule has 2 aliphatic rings. The minimum Gasteiger partial charge on any atom is -0.353 e. The summed E-state index contributed by atoms with van der Waals surface area (Å²) in [5.74, 6) is 0. The molecule has 0 bridgehead atoms. The fraction of sp³-hybridized carbons (Fsp3) is 1.00. The van der Waals surface area contributed by atoms with Gasteiger partial charge in [-0.05, 0) is 39.0 Å². The molecule has 2 heteroatoms. The lowest BCUT2D eigenvalue weighted by atomic mass is 9.86. The standard InChI is InChI=1S/C12H22O2/c1-12(8-4-2-5-9-12)14-11-7-3-6-10-13-11/h11H,2-10H2,1H3. The normalized spacial score (nSPS) is 32.8. The zero-order valence-electron chi connectivity index (χ0n) is 9.26. The van der Waals surface area contributed by atoms with E-state index >= 15 is 0 Å². The van der Waals surface area contributed by atoms with Gasteiger partial charge in [0.05, 0.1) is 5.60 Å². The summed E-state index contributed by atoms with van der Waals surface area (Å²) in [7, 11) is 0. The first-order chi connectivity index (χ1) is 6.79. The molecule has 2 rings (SSSR count). The van der Waals surface area contributed by atoms with Crippen molar-refractivity contribution in [2.24, 2.45) is 0 Å². The van der Waals surface area contributed by atoms with Gasteiger partial charge in [-0.25, -0.2) is 0 Å². The van der Waals surface area contributed by atoms with Crippen LogP contribution in [0.5, 0.6) is 0 Å². The number of ether oxygens (including phenoxy) is 2. The van der Waals surface area contributed by atoms with Crippen LogP contribution in [0.1, 0.15) is 58.3 Å². The topological polar surface area (TPSA) is 18.5 Å². The maximum absolute atomic E-state index is 6.10. The number of hydrogen-bond acceptors (Lipinski definition) is 2. The lowest BCUT2D eigenvalue weighted by Gasteiger charge is -2.38. The van der Waals surface area contributed by atoms with E-state index in [-0.39, 0.29) is 11.9 Å². The highest BCUT2D eigenvalue weighted by Gasteiger charge is 2.31. The van der Waals surface area contributed by atoms with Gasteiger partial charge in [-0.1, -0.05) is 19.3 Å². The summed E-state index contributed by atoms with van der Waals surface area (Å²) in [6.45, 7) is 3.14. The third kappa shape index (κ3) is 2.71. The van der Waals surface area contributed by atoms with Gasteiger partial charge in [0.2, 0.25) is 0 Å². The Morgan fingerprint density at radius 2 is 1.86 bits per heavy atom. The van der Waals surface area contributed by atoms with Crippen molar-refractivity contribution in [3.05, 3.63) is 0 Å². The molecule has 1 saturated carbocycles. The summed E-state index contributed by atoms with van der Waals surface area (Å²) >= 11 is 0. The summed E-state index contributed by atoms with van der Waals surface area (Å²) in [5.41, 5.74) is 0.111. The fourth-order valence-corrected chi connectivity index (χ4v) is 2.54. The van der Waals surface area contributed by atoms with E-state index in [1.807, 2.05) is 0 Å². The average molecular weight is 198 g/mol. The molecule has 0 spiro atoms. The molecule has 0 amide bonds. The van der Waals surface area contributed by atoms with Crippen molar-refractivity contribution < 1.29 is 9.47 Å². The van der Waals surface area contributed by atoms with E-state index in [9.17, 15) is 0 Å². The predicted octanol–water partition coefficient (Wildman–Crippen LogP) is 3.25. The second kappa shape index (κ2) is 4.63. The van der Waals surface area contributed by atoms with Gasteiger partial charge in [0.25, 0.3) is 0 Å². The summed E-state index contributed by atoms with van der Waals surface area (Å²) in [6.07, 6.45) is 10.1. The molecule has 1 heterocycles. The van der Waals surface area contributed by atoms with Crippen LogP contribution in [-0.2, 0) is 9.47 Å². The van der Waals surface area contributed by atoms with E-state index in [1.54, 1.807) is 0 Å². The van der Waals surface area contributed by atoms with Crippen LogP contribution in [0, 0.1) is 0 Å². The molecule has 0 radical (unpaired) electrons. The third-order valence-corrected chi connectivity index (χ3v) is 3.47. The van der Waals surface area contributed by atoms with Crippen LogP contribution in [0.15, 0.2) is 0 Å². The van der Waals surface area contributed by atoms with Crippen molar-refractivity contribution in [1.82, 2.24) is 0 Å². The molecule has 1 aliphatic carbocycles. The molecule has 0 aromatic heterocycles. The van der Waals surface area contributed by atoms with Crippen LogP contribution in [-0.4, -0.2) is 18.5 Å². The van der Waals surface area contributed by atoms with Crippen molar-refractivity contribution in [3.63, 3.8) is 0 Å². The zero-order chi connectivity index (χ0) is 9.86. The lowest BCUT2D eigenvalue weighted by Crippen LogP contribution is -2.38. The monoisotopic (exact) mass is 198 g/mol. The molecule has 1 unspecified atom stereocenters. The Morgan fingerprint density at radius 1 is 1.07 bits per heavy atom. The van der Waals surface area contributed by atoms with Gasteiger partial charge in [-0.2, -0.15) is 0 Å². The van der Waals surface area contributed by atoms with E-state index in [0.717, 1.165) is 13.0 Å². The van der Waals surface area contributed by atoms with E-state index in [4.69, 9.17) is 9.47 Å². The maximum atomic E-state index is 6.10. The lowest BCUT2D eigenvalue weighted by molar-refractivity contribution is -0.227. The van der Waals surface area contributed by atoms with Crippen LogP contribution < -0.4 is 0 Å². The van der Waals surface area contributed by atoms with Gasteiger partial charge in [0.1, 0.15) is 0 Å². The minimum absolute atomic E-state index is 0.0897. The average Bonchev–Trinajstić information content (AvgIpc) is 2.19. The molecule has 82 valence electrons.